The number of carboxylic acid groups (broad SMARTS) is 1. The summed E-state index contributed by atoms with van der Waals surface area (Å²) >= 11 is 5.72. The summed E-state index contributed by atoms with van der Waals surface area (Å²) < 4.78 is 0. The molecule has 0 aromatic heterocycles. The van der Waals surface area contributed by atoms with E-state index in [-0.39, 0.29) is 11.8 Å². The third kappa shape index (κ3) is 4.75. The lowest BCUT2D eigenvalue weighted by Gasteiger charge is -2.07. The van der Waals surface area contributed by atoms with E-state index in [0.717, 1.165) is 0 Å². The molecule has 0 saturated heterocycles. The Bertz CT molecular complexity index is 417. The third-order valence-electron chi connectivity index (χ3n) is 2.63. The first-order valence-corrected chi connectivity index (χ1v) is 6.15. The summed E-state index contributed by atoms with van der Waals surface area (Å²) in [6.07, 6.45) is 1.20. The Kier molecular flexibility index (Phi) is 5.65. The summed E-state index contributed by atoms with van der Waals surface area (Å²) in [5, 5.41) is 12.0. The van der Waals surface area contributed by atoms with Gasteiger partial charge in [0.15, 0.2) is 0 Å². The van der Waals surface area contributed by atoms with E-state index in [4.69, 9.17) is 16.7 Å². The van der Waals surface area contributed by atoms with Gasteiger partial charge in [0.25, 0.3) is 5.91 Å². The van der Waals surface area contributed by atoms with E-state index in [1.54, 1.807) is 31.2 Å². The van der Waals surface area contributed by atoms with Crippen LogP contribution in [0.15, 0.2) is 24.3 Å². The van der Waals surface area contributed by atoms with Crippen LogP contribution in [0, 0.1) is 5.92 Å². The Morgan fingerprint density at radius 3 is 2.50 bits per heavy atom. The van der Waals surface area contributed by atoms with Gasteiger partial charge in [0.1, 0.15) is 0 Å². The van der Waals surface area contributed by atoms with Crippen LogP contribution in [0.2, 0.25) is 5.02 Å². The Hall–Kier alpha value is -1.55. The van der Waals surface area contributed by atoms with Crippen LogP contribution in [0.5, 0.6) is 0 Å². The van der Waals surface area contributed by atoms with E-state index in [1.807, 2.05) is 0 Å². The average molecular weight is 270 g/mol. The maximum absolute atomic E-state index is 11.7. The maximum atomic E-state index is 11.7. The molecule has 1 aromatic carbocycles. The number of benzene rings is 1. The van der Waals surface area contributed by atoms with E-state index < -0.39 is 5.97 Å². The van der Waals surface area contributed by atoms with Crippen LogP contribution in [-0.2, 0) is 4.79 Å². The molecule has 0 radical (unpaired) electrons. The van der Waals surface area contributed by atoms with Gasteiger partial charge in [0, 0.05) is 17.1 Å². The number of carboxylic acids is 1. The number of hydrogen-bond donors (Lipinski definition) is 2. The van der Waals surface area contributed by atoms with E-state index in [1.165, 1.54) is 0 Å². The standard InChI is InChI=1S/C13H16ClNO3/c1-9(13(17)18)3-2-8-15-12(16)10-4-6-11(14)7-5-10/h4-7,9H,2-3,8H2,1H3,(H,15,16)(H,17,18). The summed E-state index contributed by atoms with van der Waals surface area (Å²) in [7, 11) is 0. The minimum Gasteiger partial charge on any atom is -0.481 e. The van der Waals surface area contributed by atoms with Crippen molar-refractivity contribution in [3.8, 4) is 0 Å². The highest BCUT2D eigenvalue weighted by molar-refractivity contribution is 6.30. The molecule has 4 nitrogen and oxygen atoms in total. The summed E-state index contributed by atoms with van der Waals surface area (Å²) in [5.41, 5.74) is 0.547. The molecule has 0 spiro atoms. The fourth-order valence-corrected chi connectivity index (χ4v) is 1.56. The van der Waals surface area contributed by atoms with E-state index >= 15 is 0 Å². The number of rotatable bonds is 6. The molecule has 1 rings (SSSR count). The average Bonchev–Trinajstić information content (AvgIpc) is 2.34. The zero-order valence-electron chi connectivity index (χ0n) is 10.1. The molecule has 1 atom stereocenters. The predicted octanol–water partition coefficient (Wildman–Crippen LogP) is 2.57. The quantitative estimate of drug-likeness (QED) is 0.780. The second-order valence-corrected chi connectivity index (χ2v) is 4.58. The predicted molar refractivity (Wildman–Crippen MR) is 69.8 cm³/mol. The molecule has 0 saturated carbocycles. The van der Waals surface area contributed by atoms with Crippen LogP contribution in [0.3, 0.4) is 0 Å². The van der Waals surface area contributed by atoms with Gasteiger partial charge in [-0.3, -0.25) is 9.59 Å². The zero-order valence-corrected chi connectivity index (χ0v) is 10.9. The molecule has 5 heteroatoms. The van der Waals surface area contributed by atoms with Crippen LogP contribution < -0.4 is 5.32 Å². The molecule has 98 valence electrons. The Labute approximate surface area is 111 Å². The lowest BCUT2D eigenvalue weighted by atomic mass is 10.1. The van der Waals surface area contributed by atoms with Gasteiger partial charge in [-0.05, 0) is 37.1 Å². The topological polar surface area (TPSA) is 66.4 Å². The molecule has 0 heterocycles. The van der Waals surface area contributed by atoms with E-state index in [0.29, 0.717) is 30.0 Å². The van der Waals surface area contributed by atoms with Gasteiger partial charge in [-0.15, -0.1) is 0 Å². The van der Waals surface area contributed by atoms with Crippen molar-refractivity contribution in [2.45, 2.75) is 19.8 Å². The lowest BCUT2D eigenvalue weighted by molar-refractivity contribution is -0.141. The van der Waals surface area contributed by atoms with E-state index in [9.17, 15) is 9.59 Å². The second kappa shape index (κ2) is 7.01. The molecule has 0 bridgehead atoms. The van der Waals surface area contributed by atoms with Crippen molar-refractivity contribution < 1.29 is 14.7 Å². The van der Waals surface area contributed by atoms with Crippen LogP contribution >= 0.6 is 11.6 Å². The van der Waals surface area contributed by atoms with Crippen molar-refractivity contribution >= 4 is 23.5 Å². The number of halogens is 1. The van der Waals surface area contributed by atoms with Gasteiger partial charge in [-0.1, -0.05) is 18.5 Å². The largest absolute Gasteiger partial charge is 0.481 e. The van der Waals surface area contributed by atoms with Crippen LogP contribution in [0.4, 0.5) is 0 Å². The molecule has 2 N–H and O–H groups in total. The number of carbonyl (C=O) groups excluding carboxylic acids is 1. The van der Waals surface area contributed by atoms with Gasteiger partial charge in [0.05, 0.1) is 5.92 Å². The fourth-order valence-electron chi connectivity index (χ4n) is 1.44. The molecule has 0 aliphatic heterocycles. The summed E-state index contributed by atoms with van der Waals surface area (Å²) in [4.78, 5) is 22.2. The molecule has 0 fully saturated rings. The van der Waals surface area contributed by atoms with Gasteiger partial charge < -0.3 is 10.4 Å². The Balaban J connectivity index is 2.29. The minimum atomic E-state index is -0.806. The lowest BCUT2D eigenvalue weighted by Crippen LogP contribution is -2.25. The normalized spacial score (nSPS) is 11.9. The fraction of sp³-hybridized carbons (Fsp3) is 0.385. The second-order valence-electron chi connectivity index (χ2n) is 4.14. The van der Waals surface area contributed by atoms with Gasteiger partial charge in [-0.2, -0.15) is 0 Å². The van der Waals surface area contributed by atoms with Crippen molar-refractivity contribution in [2.75, 3.05) is 6.54 Å². The van der Waals surface area contributed by atoms with Gasteiger partial charge in [-0.25, -0.2) is 0 Å². The molecule has 1 unspecified atom stereocenters. The summed E-state index contributed by atoms with van der Waals surface area (Å²) in [6, 6.07) is 6.61. The van der Waals surface area contributed by atoms with E-state index in [2.05, 4.69) is 5.32 Å². The molecule has 1 amide bonds. The molecule has 0 aliphatic carbocycles. The molecule has 18 heavy (non-hydrogen) atoms. The highest BCUT2D eigenvalue weighted by Gasteiger charge is 2.10. The third-order valence-corrected chi connectivity index (χ3v) is 2.88. The monoisotopic (exact) mass is 269 g/mol. The first-order valence-electron chi connectivity index (χ1n) is 5.77. The van der Waals surface area contributed by atoms with Gasteiger partial charge >= 0.3 is 5.97 Å². The van der Waals surface area contributed by atoms with Crippen molar-refractivity contribution in [3.63, 3.8) is 0 Å². The highest BCUT2D eigenvalue weighted by atomic mass is 35.5. The smallest absolute Gasteiger partial charge is 0.306 e. The SMILES string of the molecule is CC(CCCNC(=O)c1ccc(Cl)cc1)C(=O)O. The first kappa shape index (κ1) is 14.5. The minimum absolute atomic E-state index is 0.172. The van der Waals surface area contributed by atoms with Crippen LogP contribution in [0.25, 0.3) is 0 Å². The molecule has 0 aliphatic rings. The molecular weight excluding hydrogens is 254 g/mol. The van der Waals surface area contributed by atoms with Crippen molar-refractivity contribution in [1.29, 1.82) is 0 Å². The maximum Gasteiger partial charge on any atom is 0.306 e. The van der Waals surface area contributed by atoms with Crippen molar-refractivity contribution in [3.05, 3.63) is 34.9 Å². The number of hydrogen-bond acceptors (Lipinski definition) is 2. The Morgan fingerprint density at radius 2 is 1.94 bits per heavy atom. The number of carbonyl (C=O) groups is 2. The number of amides is 1. The van der Waals surface area contributed by atoms with Crippen molar-refractivity contribution in [2.24, 2.45) is 5.92 Å². The molecule has 1 aromatic rings. The Morgan fingerprint density at radius 1 is 1.33 bits per heavy atom. The summed E-state index contributed by atoms with van der Waals surface area (Å²) in [5.74, 6) is -1.36. The van der Waals surface area contributed by atoms with Crippen LogP contribution in [-0.4, -0.2) is 23.5 Å². The molecular formula is C13H16ClNO3. The van der Waals surface area contributed by atoms with Crippen LogP contribution in [0.1, 0.15) is 30.1 Å². The summed E-state index contributed by atoms with van der Waals surface area (Å²) in [6.45, 7) is 2.13. The number of nitrogens with one attached hydrogen (secondary N) is 1. The van der Waals surface area contributed by atoms with Gasteiger partial charge in [0.2, 0.25) is 0 Å². The zero-order chi connectivity index (χ0) is 13.5. The number of aliphatic carboxylic acids is 1. The first-order chi connectivity index (χ1) is 8.50. The van der Waals surface area contributed by atoms with Crippen molar-refractivity contribution in [1.82, 2.24) is 5.32 Å². The highest BCUT2D eigenvalue weighted by Crippen LogP contribution is 2.09.